The van der Waals surface area contributed by atoms with Gasteiger partial charge in [0.1, 0.15) is 11.3 Å². The van der Waals surface area contributed by atoms with Crippen LogP contribution in [0.5, 0.6) is 17.2 Å². The van der Waals surface area contributed by atoms with Crippen LogP contribution in [0.2, 0.25) is 0 Å². The lowest BCUT2D eigenvalue weighted by molar-refractivity contribution is -0.122. The highest BCUT2D eigenvalue weighted by atomic mass is 79.9. The Labute approximate surface area is 194 Å². The predicted octanol–water partition coefficient (Wildman–Crippen LogP) is 4.31. The summed E-state index contributed by atoms with van der Waals surface area (Å²) < 4.78 is 17.2. The molecule has 0 spiro atoms. The molecule has 1 fully saturated rings. The third-order valence-corrected chi connectivity index (χ3v) is 5.11. The van der Waals surface area contributed by atoms with Crippen LogP contribution in [0.3, 0.4) is 0 Å². The summed E-state index contributed by atoms with van der Waals surface area (Å²) in [6.45, 7) is 4.77. The number of carbonyl (C=O) groups is 3. The molecular weight excluding hydrogens is 480 g/mol. The monoisotopic (exact) mass is 502 g/mol. The van der Waals surface area contributed by atoms with E-state index in [0.717, 1.165) is 11.3 Å². The molecule has 0 aromatic heterocycles. The largest absolute Gasteiger partial charge is 0.497 e. The average Bonchev–Trinajstić information content (AvgIpc) is 2.76. The van der Waals surface area contributed by atoms with Gasteiger partial charge in [-0.2, -0.15) is 0 Å². The zero-order chi connectivity index (χ0) is 23.3. The highest BCUT2D eigenvalue weighted by molar-refractivity contribution is 9.10. The Morgan fingerprint density at radius 3 is 2.41 bits per heavy atom. The number of carbonyl (C=O) groups excluding carboxylic acids is 3. The summed E-state index contributed by atoms with van der Waals surface area (Å²) in [7, 11) is 1.51. The number of hydrogen-bond donors (Lipinski definition) is 1. The lowest BCUT2D eigenvalue weighted by Gasteiger charge is -2.26. The topological polar surface area (TPSA) is 94.2 Å². The molecule has 1 heterocycles. The highest BCUT2D eigenvalue weighted by Gasteiger charge is 2.36. The predicted molar refractivity (Wildman–Crippen MR) is 123 cm³/mol. The van der Waals surface area contributed by atoms with Crippen LogP contribution in [0, 0.1) is 0 Å². The lowest BCUT2D eigenvalue weighted by Crippen LogP contribution is -2.54. The number of rotatable bonds is 8. The maximum Gasteiger partial charge on any atom is 0.335 e. The van der Waals surface area contributed by atoms with Gasteiger partial charge in [0.2, 0.25) is 0 Å². The van der Waals surface area contributed by atoms with E-state index < -0.39 is 17.8 Å². The first-order chi connectivity index (χ1) is 15.4. The van der Waals surface area contributed by atoms with Gasteiger partial charge in [0.25, 0.3) is 11.8 Å². The molecule has 0 unspecified atom stereocenters. The molecule has 1 aliphatic heterocycles. The van der Waals surface area contributed by atoms with Crippen LogP contribution in [-0.4, -0.2) is 38.2 Å². The Kier molecular flexibility index (Phi) is 7.53. The van der Waals surface area contributed by atoms with Crippen LogP contribution in [-0.2, 0) is 9.59 Å². The van der Waals surface area contributed by atoms with E-state index in [-0.39, 0.29) is 5.57 Å². The maximum atomic E-state index is 13.1. The van der Waals surface area contributed by atoms with Crippen LogP contribution >= 0.6 is 15.9 Å². The Balaban J connectivity index is 1.99. The van der Waals surface area contributed by atoms with Crippen molar-refractivity contribution < 1.29 is 28.6 Å². The molecule has 1 N–H and O–H groups in total. The first kappa shape index (κ1) is 23.3. The third kappa shape index (κ3) is 4.94. The minimum Gasteiger partial charge on any atom is -0.497 e. The molecule has 1 aliphatic rings. The van der Waals surface area contributed by atoms with Crippen molar-refractivity contribution in [1.29, 1.82) is 0 Å². The fourth-order valence-corrected chi connectivity index (χ4v) is 3.64. The van der Waals surface area contributed by atoms with Crippen LogP contribution in [0.1, 0.15) is 25.8 Å². The van der Waals surface area contributed by atoms with Gasteiger partial charge in [-0.1, -0.05) is 6.92 Å². The SMILES string of the molecule is CCCOc1c(Br)cc(/C=C2/C(=O)NC(=O)N(c3ccc(OC)cc3)C2=O)cc1OCC. The van der Waals surface area contributed by atoms with E-state index in [9.17, 15) is 14.4 Å². The summed E-state index contributed by atoms with van der Waals surface area (Å²) in [5.41, 5.74) is 0.662. The van der Waals surface area contributed by atoms with Gasteiger partial charge in [0.05, 0.1) is 30.5 Å². The van der Waals surface area contributed by atoms with Crippen molar-refractivity contribution in [2.24, 2.45) is 0 Å². The number of methoxy groups -OCH3 is 1. The van der Waals surface area contributed by atoms with Crippen molar-refractivity contribution in [2.75, 3.05) is 25.2 Å². The molecule has 9 heteroatoms. The minimum absolute atomic E-state index is 0.183. The van der Waals surface area contributed by atoms with Gasteiger partial charge < -0.3 is 14.2 Å². The molecule has 8 nitrogen and oxygen atoms in total. The first-order valence-electron chi connectivity index (χ1n) is 10.0. The summed E-state index contributed by atoms with van der Waals surface area (Å²) in [5, 5.41) is 2.21. The zero-order valence-electron chi connectivity index (χ0n) is 17.9. The normalized spacial score (nSPS) is 15.1. The van der Waals surface area contributed by atoms with Crippen LogP contribution in [0.4, 0.5) is 10.5 Å². The van der Waals surface area contributed by atoms with Crippen molar-refractivity contribution in [3.63, 3.8) is 0 Å². The molecular formula is C23H23BrN2O6. The van der Waals surface area contributed by atoms with Gasteiger partial charge in [-0.25, -0.2) is 9.69 Å². The molecule has 0 radical (unpaired) electrons. The Morgan fingerprint density at radius 1 is 1.06 bits per heavy atom. The molecule has 1 saturated heterocycles. The summed E-state index contributed by atoms with van der Waals surface area (Å²) in [4.78, 5) is 38.8. The number of anilines is 1. The standard InChI is InChI=1S/C23H23BrN2O6/c1-4-10-32-20-18(24)12-14(13-19(20)31-5-2)11-17-21(27)25-23(29)26(22(17)28)15-6-8-16(30-3)9-7-15/h6-9,11-13H,4-5,10H2,1-3H3,(H,25,27,29)/b17-11-. The molecule has 0 aliphatic carbocycles. The number of nitrogens with one attached hydrogen (secondary N) is 1. The van der Waals surface area contributed by atoms with E-state index in [4.69, 9.17) is 14.2 Å². The van der Waals surface area contributed by atoms with Crippen molar-refractivity contribution in [1.82, 2.24) is 5.32 Å². The highest BCUT2D eigenvalue weighted by Crippen LogP contribution is 2.38. The first-order valence-corrected chi connectivity index (χ1v) is 10.8. The van der Waals surface area contributed by atoms with Crippen LogP contribution in [0.15, 0.2) is 46.4 Å². The van der Waals surface area contributed by atoms with Crippen molar-refractivity contribution >= 4 is 45.5 Å². The number of hydrogen-bond acceptors (Lipinski definition) is 6. The zero-order valence-corrected chi connectivity index (χ0v) is 19.5. The van der Waals surface area contributed by atoms with E-state index in [1.165, 1.54) is 13.2 Å². The number of amides is 4. The number of imide groups is 2. The van der Waals surface area contributed by atoms with E-state index in [1.54, 1.807) is 36.4 Å². The molecule has 3 rings (SSSR count). The number of urea groups is 1. The minimum atomic E-state index is -0.818. The van der Waals surface area contributed by atoms with Crippen molar-refractivity contribution in [3.05, 3.63) is 52.0 Å². The molecule has 32 heavy (non-hydrogen) atoms. The molecule has 0 bridgehead atoms. The van der Waals surface area contributed by atoms with Gasteiger partial charge >= 0.3 is 6.03 Å². The smallest absolute Gasteiger partial charge is 0.335 e. The quantitative estimate of drug-likeness (QED) is 0.426. The summed E-state index contributed by atoms with van der Waals surface area (Å²) >= 11 is 3.47. The van der Waals surface area contributed by atoms with Crippen LogP contribution < -0.4 is 24.4 Å². The van der Waals surface area contributed by atoms with E-state index in [2.05, 4.69) is 21.2 Å². The van der Waals surface area contributed by atoms with Gasteiger partial charge in [0.15, 0.2) is 11.5 Å². The number of halogens is 1. The second-order valence-electron chi connectivity index (χ2n) is 6.77. The Hall–Kier alpha value is -3.33. The molecule has 168 valence electrons. The average molecular weight is 503 g/mol. The molecule has 2 aromatic carbocycles. The number of nitrogens with zero attached hydrogens (tertiary/aromatic N) is 1. The fraction of sp³-hybridized carbons (Fsp3) is 0.261. The van der Waals surface area contributed by atoms with Gasteiger partial charge in [-0.15, -0.1) is 0 Å². The lowest BCUT2D eigenvalue weighted by atomic mass is 10.1. The van der Waals surface area contributed by atoms with Crippen LogP contribution in [0.25, 0.3) is 6.08 Å². The second-order valence-corrected chi connectivity index (χ2v) is 7.62. The van der Waals surface area contributed by atoms with Crippen molar-refractivity contribution in [2.45, 2.75) is 20.3 Å². The molecule has 4 amide bonds. The summed E-state index contributed by atoms with van der Waals surface area (Å²) in [5.74, 6) is 0.0952. The van der Waals surface area contributed by atoms with E-state index in [0.29, 0.717) is 46.2 Å². The van der Waals surface area contributed by atoms with Gasteiger partial charge in [0, 0.05) is 0 Å². The summed E-state index contributed by atoms with van der Waals surface area (Å²) in [6, 6.07) is 8.95. The molecule has 0 atom stereocenters. The molecule has 0 saturated carbocycles. The third-order valence-electron chi connectivity index (χ3n) is 4.53. The number of benzene rings is 2. The maximum absolute atomic E-state index is 13.1. The summed E-state index contributed by atoms with van der Waals surface area (Å²) in [6.07, 6.45) is 2.24. The Bertz CT molecular complexity index is 1060. The Morgan fingerprint density at radius 2 is 1.78 bits per heavy atom. The number of barbiturate groups is 1. The fourth-order valence-electron chi connectivity index (χ4n) is 3.07. The second kappa shape index (κ2) is 10.3. The van der Waals surface area contributed by atoms with E-state index in [1.807, 2.05) is 13.8 Å². The van der Waals surface area contributed by atoms with Crippen molar-refractivity contribution in [3.8, 4) is 17.2 Å². The number of ether oxygens (including phenoxy) is 3. The van der Waals surface area contributed by atoms with Gasteiger partial charge in [-0.05, 0) is 77.3 Å². The van der Waals surface area contributed by atoms with E-state index >= 15 is 0 Å². The molecule has 2 aromatic rings. The van der Waals surface area contributed by atoms with Gasteiger partial charge in [-0.3, -0.25) is 14.9 Å².